The third-order valence-electron chi connectivity index (χ3n) is 3.11. The number of methoxy groups -OCH3 is 1. The van der Waals surface area contributed by atoms with Gasteiger partial charge in [0.1, 0.15) is 5.75 Å². The summed E-state index contributed by atoms with van der Waals surface area (Å²) in [5.41, 5.74) is 1.53. The number of nitrogens with one attached hydrogen (secondary N) is 1. The van der Waals surface area contributed by atoms with Gasteiger partial charge in [0.15, 0.2) is 0 Å². The van der Waals surface area contributed by atoms with E-state index in [9.17, 15) is 0 Å². The van der Waals surface area contributed by atoms with Gasteiger partial charge in [-0.3, -0.25) is 0 Å². The monoisotopic (exact) mass is 327 g/mol. The molecule has 19 heavy (non-hydrogen) atoms. The molecule has 0 aromatic heterocycles. The van der Waals surface area contributed by atoms with Crippen LogP contribution in [0, 0.1) is 5.92 Å². The molecule has 0 radical (unpaired) electrons. The maximum Gasteiger partial charge on any atom is 0.119 e. The molecule has 3 heteroatoms. The maximum atomic E-state index is 5.28. The van der Waals surface area contributed by atoms with E-state index in [2.05, 4.69) is 61.1 Å². The van der Waals surface area contributed by atoms with Crippen LogP contribution in [0.5, 0.6) is 5.75 Å². The molecule has 1 atom stereocenters. The molecule has 0 bridgehead atoms. The van der Waals surface area contributed by atoms with E-state index in [1.54, 1.807) is 7.11 Å². The first kappa shape index (κ1) is 16.5. The SMILES string of the molecule is COc1ccc(Br)c(CC(C)CCNC(C)(C)C)c1. The van der Waals surface area contributed by atoms with Crippen LogP contribution in [0.2, 0.25) is 0 Å². The molecule has 0 aliphatic heterocycles. The van der Waals surface area contributed by atoms with Gasteiger partial charge < -0.3 is 10.1 Å². The second-order valence-corrected chi connectivity index (χ2v) is 7.09. The minimum Gasteiger partial charge on any atom is -0.497 e. The van der Waals surface area contributed by atoms with Crippen LogP contribution in [-0.2, 0) is 6.42 Å². The fourth-order valence-electron chi connectivity index (χ4n) is 2.01. The third kappa shape index (κ3) is 6.44. The predicted octanol–water partition coefficient (Wildman–Crippen LogP) is 4.41. The Morgan fingerprint density at radius 2 is 2.00 bits per heavy atom. The molecular weight excluding hydrogens is 302 g/mol. The summed E-state index contributed by atoms with van der Waals surface area (Å²) >= 11 is 3.62. The van der Waals surface area contributed by atoms with E-state index in [1.807, 2.05) is 6.07 Å². The molecule has 0 spiro atoms. The highest BCUT2D eigenvalue weighted by molar-refractivity contribution is 9.10. The van der Waals surface area contributed by atoms with Gasteiger partial charge in [0, 0.05) is 10.0 Å². The molecule has 0 heterocycles. The second-order valence-electron chi connectivity index (χ2n) is 6.23. The zero-order valence-electron chi connectivity index (χ0n) is 12.7. The molecule has 1 unspecified atom stereocenters. The summed E-state index contributed by atoms with van der Waals surface area (Å²) in [4.78, 5) is 0. The molecule has 0 fully saturated rings. The van der Waals surface area contributed by atoms with Gasteiger partial charge in [-0.2, -0.15) is 0 Å². The molecule has 1 aromatic carbocycles. The Morgan fingerprint density at radius 3 is 2.58 bits per heavy atom. The first-order valence-corrected chi connectivity index (χ1v) is 7.68. The third-order valence-corrected chi connectivity index (χ3v) is 3.89. The highest BCUT2D eigenvalue weighted by atomic mass is 79.9. The van der Waals surface area contributed by atoms with Crippen LogP contribution in [0.15, 0.2) is 22.7 Å². The minimum atomic E-state index is 0.205. The van der Waals surface area contributed by atoms with E-state index in [4.69, 9.17) is 4.74 Å². The van der Waals surface area contributed by atoms with Crippen LogP contribution in [-0.4, -0.2) is 19.2 Å². The van der Waals surface area contributed by atoms with Crippen LogP contribution in [0.1, 0.15) is 39.7 Å². The number of rotatable bonds is 6. The molecule has 0 saturated heterocycles. The van der Waals surface area contributed by atoms with Gasteiger partial charge >= 0.3 is 0 Å². The highest BCUT2D eigenvalue weighted by Gasteiger charge is 2.11. The van der Waals surface area contributed by atoms with E-state index in [1.165, 1.54) is 16.5 Å². The Bertz CT molecular complexity index is 398. The minimum absolute atomic E-state index is 0.205. The zero-order chi connectivity index (χ0) is 14.5. The second kappa shape index (κ2) is 7.30. The topological polar surface area (TPSA) is 21.3 Å². The average molecular weight is 328 g/mol. The molecule has 0 saturated carbocycles. The van der Waals surface area contributed by atoms with Gasteiger partial charge in [-0.05, 0) is 69.8 Å². The Balaban J connectivity index is 2.50. The van der Waals surface area contributed by atoms with Gasteiger partial charge in [-0.25, -0.2) is 0 Å². The predicted molar refractivity (Wildman–Crippen MR) is 85.9 cm³/mol. The lowest BCUT2D eigenvalue weighted by Gasteiger charge is -2.22. The molecule has 0 aliphatic carbocycles. The van der Waals surface area contributed by atoms with Crippen molar-refractivity contribution in [2.45, 2.75) is 46.1 Å². The summed E-state index contributed by atoms with van der Waals surface area (Å²) < 4.78 is 6.45. The molecule has 0 amide bonds. The van der Waals surface area contributed by atoms with Gasteiger partial charge in [0.25, 0.3) is 0 Å². The Morgan fingerprint density at radius 1 is 1.32 bits per heavy atom. The lowest BCUT2D eigenvalue weighted by molar-refractivity contribution is 0.393. The van der Waals surface area contributed by atoms with Gasteiger partial charge in [0.05, 0.1) is 7.11 Å². The summed E-state index contributed by atoms with van der Waals surface area (Å²) in [6.45, 7) is 9.98. The van der Waals surface area contributed by atoms with E-state index >= 15 is 0 Å². The summed E-state index contributed by atoms with van der Waals surface area (Å²) in [6.07, 6.45) is 2.25. The fraction of sp³-hybridized carbons (Fsp3) is 0.625. The van der Waals surface area contributed by atoms with E-state index in [-0.39, 0.29) is 5.54 Å². The molecule has 0 aliphatic rings. The van der Waals surface area contributed by atoms with Crippen molar-refractivity contribution < 1.29 is 4.74 Å². The van der Waals surface area contributed by atoms with Crippen molar-refractivity contribution in [2.24, 2.45) is 5.92 Å². The summed E-state index contributed by atoms with van der Waals surface area (Å²) in [7, 11) is 1.71. The normalized spacial score (nSPS) is 13.4. The highest BCUT2D eigenvalue weighted by Crippen LogP contribution is 2.25. The van der Waals surface area contributed by atoms with Crippen LogP contribution in [0.25, 0.3) is 0 Å². The molecule has 2 nitrogen and oxygen atoms in total. The van der Waals surface area contributed by atoms with Gasteiger partial charge in [-0.15, -0.1) is 0 Å². The Hall–Kier alpha value is -0.540. The van der Waals surface area contributed by atoms with Crippen molar-refractivity contribution in [3.63, 3.8) is 0 Å². The average Bonchev–Trinajstić information content (AvgIpc) is 2.30. The fourth-order valence-corrected chi connectivity index (χ4v) is 2.41. The molecular formula is C16H26BrNO. The summed E-state index contributed by atoms with van der Waals surface area (Å²) in [5.74, 6) is 1.58. The van der Waals surface area contributed by atoms with E-state index in [0.717, 1.165) is 18.7 Å². The maximum absolute atomic E-state index is 5.28. The van der Waals surface area contributed by atoms with E-state index < -0.39 is 0 Å². The quantitative estimate of drug-likeness (QED) is 0.835. The molecule has 1 N–H and O–H groups in total. The number of halogens is 1. The van der Waals surface area contributed by atoms with Crippen LogP contribution in [0.3, 0.4) is 0 Å². The zero-order valence-corrected chi connectivity index (χ0v) is 14.3. The molecule has 108 valence electrons. The van der Waals surface area contributed by atoms with Crippen LogP contribution in [0.4, 0.5) is 0 Å². The molecule has 1 aromatic rings. The van der Waals surface area contributed by atoms with Gasteiger partial charge in [0.2, 0.25) is 0 Å². The Kier molecular flexibility index (Phi) is 6.34. The van der Waals surface area contributed by atoms with E-state index in [0.29, 0.717) is 5.92 Å². The van der Waals surface area contributed by atoms with Gasteiger partial charge in [-0.1, -0.05) is 22.9 Å². The summed E-state index contributed by atoms with van der Waals surface area (Å²) in [6, 6.07) is 6.17. The largest absolute Gasteiger partial charge is 0.497 e. The van der Waals surface area contributed by atoms with Crippen molar-refractivity contribution in [1.82, 2.24) is 5.32 Å². The lowest BCUT2D eigenvalue weighted by Crippen LogP contribution is -2.37. The van der Waals surface area contributed by atoms with Crippen molar-refractivity contribution in [1.29, 1.82) is 0 Å². The Labute approximate surface area is 126 Å². The number of hydrogen-bond acceptors (Lipinski definition) is 2. The number of ether oxygens (including phenoxy) is 1. The number of hydrogen-bond donors (Lipinski definition) is 1. The summed E-state index contributed by atoms with van der Waals surface area (Å²) in [5, 5.41) is 3.54. The smallest absolute Gasteiger partial charge is 0.119 e. The first-order valence-electron chi connectivity index (χ1n) is 6.89. The van der Waals surface area contributed by atoms with Crippen LogP contribution >= 0.6 is 15.9 Å². The van der Waals surface area contributed by atoms with Crippen molar-refractivity contribution in [3.8, 4) is 5.75 Å². The first-order chi connectivity index (χ1) is 8.81. The van der Waals surface area contributed by atoms with Crippen LogP contribution < -0.4 is 10.1 Å². The molecule has 1 rings (SSSR count). The number of benzene rings is 1. The lowest BCUT2D eigenvalue weighted by atomic mass is 9.97. The van der Waals surface area contributed by atoms with Crippen molar-refractivity contribution >= 4 is 15.9 Å². The van der Waals surface area contributed by atoms with Crippen molar-refractivity contribution in [3.05, 3.63) is 28.2 Å². The standard InChI is InChI=1S/C16H26BrNO/c1-12(8-9-18-16(2,3)4)10-13-11-14(19-5)6-7-15(13)17/h6-7,11-12,18H,8-10H2,1-5H3. The van der Waals surface area contributed by atoms with Crippen molar-refractivity contribution in [2.75, 3.05) is 13.7 Å².